The molecule has 0 aromatic heterocycles. The van der Waals surface area contributed by atoms with Crippen molar-refractivity contribution in [2.24, 2.45) is 0 Å². The molecule has 4 nitrogen and oxygen atoms in total. The van der Waals surface area contributed by atoms with Gasteiger partial charge in [0.25, 0.3) is 0 Å². The van der Waals surface area contributed by atoms with Gasteiger partial charge < -0.3 is 15.0 Å². The number of hydrogen-bond donors (Lipinski definition) is 1. The Morgan fingerprint density at radius 1 is 1.15 bits per heavy atom. The molecule has 1 saturated heterocycles. The van der Waals surface area contributed by atoms with Crippen molar-refractivity contribution < 1.29 is 9.53 Å². The van der Waals surface area contributed by atoms with Crippen LogP contribution in [-0.4, -0.2) is 37.0 Å². The Bertz CT molecular complexity index is 890. The highest BCUT2D eigenvalue weighted by molar-refractivity contribution is 6.30. The summed E-state index contributed by atoms with van der Waals surface area (Å²) in [6.45, 7) is 3.08. The minimum absolute atomic E-state index is 0.0990. The van der Waals surface area contributed by atoms with Crippen LogP contribution in [0.15, 0.2) is 36.4 Å². The maximum atomic E-state index is 13.1. The van der Waals surface area contributed by atoms with E-state index in [1.54, 1.807) is 0 Å². The minimum atomic E-state index is -0.0990. The Hall–Kier alpha value is -2.20. The monoisotopic (exact) mass is 382 g/mol. The Morgan fingerprint density at radius 2 is 2.00 bits per heavy atom. The standard InChI is InChI=1S/C22H23ClN2O2/c23-16-4-5-18-19(13-24-20(18)12-16)22(26)25-9-6-14(7-10-25)17-3-1-2-15-8-11-27-21(15)17/h1-5,12,14,19,24H,6-11,13H2. The summed E-state index contributed by atoms with van der Waals surface area (Å²) >= 11 is 6.07. The largest absolute Gasteiger partial charge is 0.493 e. The summed E-state index contributed by atoms with van der Waals surface area (Å²) in [7, 11) is 0. The lowest BCUT2D eigenvalue weighted by Gasteiger charge is -2.34. The van der Waals surface area contributed by atoms with Crippen molar-refractivity contribution in [2.45, 2.75) is 31.1 Å². The molecule has 5 rings (SSSR count). The molecule has 3 aliphatic heterocycles. The van der Waals surface area contributed by atoms with E-state index in [0.717, 1.165) is 56.0 Å². The molecule has 140 valence electrons. The molecule has 0 aliphatic carbocycles. The maximum absolute atomic E-state index is 13.1. The van der Waals surface area contributed by atoms with Crippen LogP contribution in [0.25, 0.3) is 0 Å². The number of carbonyl (C=O) groups is 1. The number of ether oxygens (including phenoxy) is 1. The second-order valence-electron chi connectivity index (χ2n) is 7.70. The fourth-order valence-electron chi connectivity index (χ4n) is 4.72. The lowest BCUT2D eigenvalue weighted by atomic mass is 9.87. The molecule has 2 aromatic carbocycles. The third-order valence-corrected chi connectivity index (χ3v) is 6.41. The van der Waals surface area contributed by atoms with Crippen LogP contribution in [-0.2, 0) is 11.2 Å². The molecule has 5 heteroatoms. The summed E-state index contributed by atoms with van der Waals surface area (Å²) in [5, 5.41) is 4.03. The Morgan fingerprint density at radius 3 is 2.85 bits per heavy atom. The molecule has 1 amide bonds. The fourth-order valence-corrected chi connectivity index (χ4v) is 4.89. The van der Waals surface area contributed by atoms with Gasteiger partial charge in [-0.05, 0) is 47.6 Å². The van der Waals surface area contributed by atoms with Crippen LogP contribution in [0, 0.1) is 0 Å². The first-order chi connectivity index (χ1) is 13.2. The molecule has 27 heavy (non-hydrogen) atoms. The van der Waals surface area contributed by atoms with Gasteiger partial charge in [-0.1, -0.05) is 35.9 Å². The zero-order valence-corrected chi connectivity index (χ0v) is 16.0. The predicted octanol–water partition coefficient (Wildman–Crippen LogP) is 4.19. The summed E-state index contributed by atoms with van der Waals surface area (Å²) in [6, 6.07) is 12.3. The van der Waals surface area contributed by atoms with Crippen LogP contribution in [0.3, 0.4) is 0 Å². The van der Waals surface area contributed by atoms with Gasteiger partial charge in [0.15, 0.2) is 0 Å². The zero-order chi connectivity index (χ0) is 18.4. The second-order valence-corrected chi connectivity index (χ2v) is 8.14. The summed E-state index contributed by atoms with van der Waals surface area (Å²) < 4.78 is 5.89. The van der Waals surface area contributed by atoms with Crippen molar-refractivity contribution in [1.82, 2.24) is 4.90 Å². The molecule has 1 fully saturated rings. The van der Waals surface area contributed by atoms with E-state index in [9.17, 15) is 4.79 Å². The Kier molecular flexibility index (Phi) is 4.24. The summed E-state index contributed by atoms with van der Waals surface area (Å²) in [6.07, 6.45) is 3.01. The van der Waals surface area contributed by atoms with Gasteiger partial charge in [-0.25, -0.2) is 0 Å². The molecule has 2 aromatic rings. The number of para-hydroxylation sites is 1. The zero-order valence-electron chi connectivity index (χ0n) is 15.2. The number of nitrogens with zero attached hydrogens (tertiary/aromatic N) is 1. The van der Waals surface area contributed by atoms with Crippen LogP contribution in [0.2, 0.25) is 5.02 Å². The van der Waals surface area contributed by atoms with E-state index in [1.165, 1.54) is 11.1 Å². The highest BCUT2D eigenvalue weighted by atomic mass is 35.5. The van der Waals surface area contributed by atoms with Crippen LogP contribution in [0.5, 0.6) is 5.75 Å². The van der Waals surface area contributed by atoms with Crippen LogP contribution in [0.1, 0.15) is 41.4 Å². The summed E-state index contributed by atoms with van der Waals surface area (Å²) in [5.41, 5.74) is 4.73. The highest BCUT2D eigenvalue weighted by Crippen LogP contribution is 2.40. The van der Waals surface area contributed by atoms with Crippen LogP contribution < -0.4 is 10.1 Å². The first-order valence-corrected chi connectivity index (χ1v) is 10.1. The van der Waals surface area contributed by atoms with Gasteiger partial charge in [-0.2, -0.15) is 0 Å². The van der Waals surface area contributed by atoms with E-state index in [4.69, 9.17) is 16.3 Å². The molecule has 0 radical (unpaired) electrons. The van der Waals surface area contributed by atoms with Crippen LogP contribution >= 0.6 is 11.6 Å². The number of nitrogens with one attached hydrogen (secondary N) is 1. The molecule has 1 atom stereocenters. The molecule has 1 N–H and O–H groups in total. The van der Waals surface area contributed by atoms with Crippen molar-refractivity contribution in [3.8, 4) is 5.75 Å². The van der Waals surface area contributed by atoms with Gasteiger partial charge in [-0.15, -0.1) is 0 Å². The Labute approximate surface area is 164 Å². The molecule has 0 spiro atoms. The molecule has 3 aliphatic rings. The van der Waals surface area contributed by atoms with Crippen molar-refractivity contribution in [2.75, 3.05) is 31.6 Å². The highest BCUT2D eigenvalue weighted by Gasteiger charge is 2.34. The van der Waals surface area contributed by atoms with Crippen molar-refractivity contribution >= 4 is 23.2 Å². The average molecular weight is 383 g/mol. The normalized spacial score (nSPS) is 21.4. The number of likely N-dealkylation sites (tertiary alicyclic amines) is 1. The number of benzene rings is 2. The third-order valence-electron chi connectivity index (χ3n) is 6.18. The third kappa shape index (κ3) is 2.96. The fraction of sp³-hybridized carbons (Fsp3) is 0.409. The Balaban J connectivity index is 1.28. The molecule has 1 unspecified atom stereocenters. The number of carbonyl (C=O) groups excluding carboxylic acids is 1. The van der Waals surface area contributed by atoms with Gasteiger partial charge in [0.2, 0.25) is 5.91 Å². The van der Waals surface area contributed by atoms with Crippen molar-refractivity contribution in [3.05, 3.63) is 58.1 Å². The van der Waals surface area contributed by atoms with E-state index >= 15 is 0 Å². The molecule has 3 heterocycles. The first kappa shape index (κ1) is 16.9. The van der Waals surface area contributed by atoms with Gasteiger partial charge in [0.05, 0.1) is 12.5 Å². The van der Waals surface area contributed by atoms with E-state index in [-0.39, 0.29) is 11.8 Å². The van der Waals surface area contributed by atoms with E-state index in [1.807, 2.05) is 23.1 Å². The lowest BCUT2D eigenvalue weighted by molar-refractivity contribution is -0.133. The second kappa shape index (κ2) is 6.75. The lowest BCUT2D eigenvalue weighted by Crippen LogP contribution is -2.41. The number of hydrogen-bond acceptors (Lipinski definition) is 3. The van der Waals surface area contributed by atoms with Crippen molar-refractivity contribution in [1.29, 1.82) is 0 Å². The van der Waals surface area contributed by atoms with E-state index in [0.29, 0.717) is 17.5 Å². The predicted molar refractivity (Wildman–Crippen MR) is 107 cm³/mol. The van der Waals surface area contributed by atoms with Gasteiger partial charge in [0, 0.05) is 36.8 Å². The van der Waals surface area contributed by atoms with Crippen molar-refractivity contribution in [3.63, 3.8) is 0 Å². The first-order valence-electron chi connectivity index (χ1n) is 9.77. The number of rotatable bonds is 2. The van der Waals surface area contributed by atoms with Gasteiger partial charge in [-0.3, -0.25) is 4.79 Å². The van der Waals surface area contributed by atoms with E-state index in [2.05, 4.69) is 23.5 Å². The summed E-state index contributed by atoms with van der Waals surface area (Å²) in [4.78, 5) is 15.1. The van der Waals surface area contributed by atoms with Gasteiger partial charge >= 0.3 is 0 Å². The number of halogens is 1. The topological polar surface area (TPSA) is 41.6 Å². The number of anilines is 1. The average Bonchev–Trinajstić information content (AvgIpc) is 3.34. The minimum Gasteiger partial charge on any atom is -0.493 e. The SMILES string of the molecule is O=C(C1CNc2cc(Cl)ccc21)N1CCC(c2cccc3c2OCC3)CC1. The molecular formula is C22H23ClN2O2. The molecular weight excluding hydrogens is 360 g/mol. The maximum Gasteiger partial charge on any atom is 0.231 e. The quantitative estimate of drug-likeness (QED) is 0.846. The van der Waals surface area contributed by atoms with Crippen LogP contribution in [0.4, 0.5) is 5.69 Å². The van der Waals surface area contributed by atoms with E-state index < -0.39 is 0 Å². The number of fused-ring (bicyclic) bond motifs is 2. The smallest absolute Gasteiger partial charge is 0.231 e. The number of piperidine rings is 1. The summed E-state index contributed by atoms with van der Waals surface area (Å²) in [5.74, 6) is 1.72. The van der Waals surface area contributed by atoms with Gasteiger partial charge in [0.1, 0.15) is 5.75 Å². The number of amides is 1. The molecule has 0 bridgehead atoms. The molecule has 0 saturated carbocycles.